The van der Waals surface area contributed by atoms with Gasteiger partial charge in [-0.1, -0.05) is 17.7 Å². The van der Waals surface area contributed by atoms with E-state index in [0.717, 1.165) is 17.7 Å². The minimum Gasteiger partial charge on any atom is -0.485 e. The molecule has 0 saturated carbocycles. The maximum atomic E-state index is 13.4. The highest BCUT2D eigenvalue weighted by Crippen LogP contribution is 2.29. The maximum Gasteiger partial charge on any atom is 0.169 e. The third-order valence-corrected chi connectivity index (χ3v) is 2.95. The molecule has 0 N–H and O–H groups in total. The van der Waals surface area contributed by atoms with Crippen LogP contribution in [0.4, 0.5) is 8.78 Å². The van der Waals surface area contributed by atoms with Gasteiger partial charge in [0.1, 0.15) is 17.6 Å². The molecule has 2 rings (SSSR count). The first-order chi connectivity index (χ1) is 8.56. The number of aromatic nitrogens is 1. The fourth-order valence-corrected chi connectivity index (χ4v) is 1.95. The quantitative estimate of drug-likeness (QED) is 0.778. The van der Waals surface area contributed by atoms with Crippen molar-refractivity contribution >= 4 is 27.5 Å². The Kier molecular flexibility index (Phi) is 4.14. The Balaban J connectivity index is 2.13. The molecule has 2 nitrogen and oxygen atoms in total. The highest BCUT2D eigenvalue weighted by atomic mass is 79.9. The number of hydrogen-bond donors (Lipinski definition) is 0. The van der Waals surface area contributed by atoms with Crippen LogP contribution < -0.4 is 4.74 Å². The second-order valence-electron chi connectivity index (χ2n) is 3.48. The summed E-state index contributed by atoms with van der Waals surface area (Å²) in [6.45, 7) is 0.116. The van der Waals surface area contributed by atoms with Crippen LogP contribution in [0.2, 0.25) is 5.15 Å². The zero-order chi connectivity index (χ0) is 13.1. The molecular formula is C12H7BrClF2NO. The van der Waals surface area contributed by atoms with Gasteiger partial charge in [-0.15, -0.1) is 0 Å². The normalized spacial score (nSPS) is 10.4. The molecule has 0 spiro atoms. The third-order valence-electron chi connectivity index (χ3n) is 2.13. The highest BCUT2D eigenvalue weighted by Gasteiger charge is 2.11. The van der Waals surface area contributed by atoms with Crippen LogP contribution in [0.3, 0.4) is 0 Å². The van der Waals surface area contributed by atoms with E-state index in [1.807, 2.05) is 0 Å². The number of halogens is 4. The molecule has 0 atom stereocenters. The fourth-order valence-electron chi connectivity index (χ4n) is 1.31. The van der Waals surface area contributed by atoms with Crippen molar-refractivity contribution in [2.45, 2.75) is 6.61 Å². The standard InChI is InChI=1S/C12H7BrClF2NO/c13-9-3-8(15)4-10(16)12(9)18-6-7-1-2-11(14)17-5-7/h1-5H,6H2. The molecule has 94 valence electrons. The number of rotatable bonds is 3. The zero-order valence-corrected chi connectivity index (χ0v) is 11.3. The van der Waals surface area contributed by atoms with Gasteiger partial charge in [-0.2, -0.15) is 0 Å². The predicted molar refractivity (Wildman–Crippen MR) is 67.6 cm³/mol. The summed E-state index contributed by atoms with van der Waals surface area (Å²) in [5.41, 5.74) is 0.732. The van der Waals surface area contributed by atoms with Crippen molar-refractivity contribution < 1.29 is 13.5 Å². The maximum absolute atomic E-state index is 13.4. The van der Waals surface area contributed by atoms with Crippen LogP contribution in [-0.2, 0) is 6.61 Å². The molecule has 0 saturated heterocycles. The van der Waals surface area contributed by atoms with Gasteiger partial charge in [-0.3, -0.25) is 0 Å². The van der Waals surface area contributed by atoms with E-state index in [1.54, 1.807) is 12.1 Å². The second-order valence-corrected chi connectivity index (χ2v) is 4.72. The largest absolute Gasteiger partial charge is 0.485 e. The Morgan fingerprint density at radius 3 is 2.67 bits per heavy atom. The van der Waals surface area contributed by atoms with E-state index in [1.165, 1.54) is 6.20 Å². The van der Waals surface area contributed by atoms with Crippen LogP contribution in [0.25, 0.3) is 0 Å². The topological polar surface area (TPSA) is 22.1 Å². The number of nitrogens with zero attached hydrogens (tertiary/aromatic N) is 1. The van der Waals surface area contributed by atoms with Crippen molar-refractivity contribution in [1.29, 1.82) is 0 Å². The summed E-state index contributed by atoms with van der Waals surface area (Å²) >= 11 is 8.68. The van der Waals surface area contributed by atoms with Gasteiger partial charge in [0, 0.05) is 17.8 Å². The summed E-state index contributed by atoms with van der Waals surface area (Å²) in [7, 11) is 0. The summed E-state index contributed by atoms with van der Waals surface area (Å²) in [5, 5.41) is 0.368. The van der Waals surface area contributed by atoms with Gasteiger partial charge < -0.3 is 4.74 Å². The smallest absolute Gasteiger partial charge is 0.169 e. The molecule has 0 radical (unpaired) electrons. The summed E-state index contributed by atoms with van der Waals surface area (Å²) in [5.74, 6) is -1.46. The van der Waals surface area contributed by atoms with Gasteiger partial charge in [-0.25, -0.2) is 13.8 Å². The first-order valence-electron chi connectivity index (χ1n) is 4.94. The summed E-state index contributed by atoms with van der Waals surface area (Å²) in [6.07, 6.45) is 1.53. The molecule has 1 heterocycles. The lowest BCUT2D eigenvalue weighted by Crippen LogP contribution is -1.99. The van der Waals surface area contributed by atoms with Gasteiger partial charge in [-0.05, 0) is 28.1 Å². The second kappa shape index (κ2) is 5.63. The molecule has 0 fully saturated rings. The Bertz CT molecular complexity index is 539. The number of benzene rings is 1. The highest BCUT2D eigenvalue weighted by molar-refractivity contribution is 9.10. The minimum absolute atomic E-state index is 0.0358. The first kappa shape index (κ1) is 13.2. The number of ether oxygens (including phenoxy) is 1. The van der Waals surface area contributed by atoms with Crippen molar-refractivity contribution in [2.75, 3.05) is 0 Å². The molecule has 6 heteroatoms. The van der Waals surface area contributed by atoms with Gasteiger partial charge in [0.15, 0.2) is 11.6 Å². The molecule has 1 aromatic heterocycles. The van der Waals surface area contributed by atoms with Gasteiger partial charge in [0.25, 0.3) is 0 Å². The predicted octanol–water partition coefficient (Wildman–Crippen LogP) is 4.35. The summed E-state index contributed by atoms with van der Waals surface area (Å²) < 4.78 is 31.8. The van der Waals surface area contributed by atoms with Gasteiger partial charge in [0.05, 0.1) is 4.47 Å². The minimum atomic E-state index is -0.760. The number of pyridine rings is 1. The van der Waals surface area contributed by atoms with Crippen molar-refractivity contribution in [2.24, 2.45) is 0 Å². The van der Waals surface area contributed by atoms with E-state index in [-0.39, 0.29) is 16.8 Å². The van der Waals surface area contributed by atoms with Crippen LogP contribution in [-0.4, -0.2) is 4.98 Å². The monoisotopic (exact) mass is 333 g/mol. The van der Waals surface area contributed by atoms with Crippen LogP contribution in [0.15, 0.2) is 34.9 Å². The van der Waals surface area contributed by atoms with Crippen molar-refractivity contribution in [3.05, 3.63) is 57.3 Å². The molecule has 2 aromatic rings. The lowest BCUT2D eigenvalue weighted by Gasteiger charge is -2.09. The van der Waals surface area contributed by atoms with Crippen molar-refractivity contribution in [1.82, 2.24) is 4.98 Å². The van der Waals surface area contributed by atoms with E-state index in [2.05, 4.69) is 20.9 Å². The average Bonchev–Trinajstić information content (AvgIpc) is 2.30. The molecular weight excluding hydrogens is 327 g/mol. The van der Waals surface area contributed by atoms with E-state index < -0.39 is 11.6 Å². The van der Waals surface area contributed by atoms with Gasteiger partial charge in [0.2, 0.25) is 0 Å². The average molecular weight is 335 g/mol. The molecule has 1 aromatic carbocycles. The van der Waals surface area contributed by atoms with E-state index in [9.17, 15) is 8.78 Å². The van der Waals surface area contributed by atoms with E-state index in [4.69, 9.17) is 16.3 Å². The zero-order valence-electron chi connectivity index (χ0n) is 8.96. The lowest BCUT2D eigenvalue weighted by atomic mass is 10.3. The van der Waals surface area contributed by atoms with Crippen molar-refractivity contribution in [3.63, 3.8) is 0 Å². The Morgan fingerprint density at radius 1 is 1.28 bits per heavy atom. The van der Waals surface area contributed by atoms with Crippen molar-refractivity contribution in [3.8, 4) is 5.75 Å². The molecule has 0 aliphatic rings. The molecule has 0 unspecified atom stereocenters. The lowest BCUT2D eigenvalue weighted by molar-refractivity contribution is 0.287. The summed E-state index contributed by atoms with van der Waals surface area (Å²) in [4.78, 5) is 3.87. The van der Waals surface area contributed by atoms with Crippen LogP contribution in [0.5, 0.6) is 5.75 Å². The molecule has 0 bridgehead atoms. The fraction of sp³-hybridized carbons (Fsp3) is 0.0833. The van der Waals surface area contributed by atoms with E-state index >= 15 is 0 Å². The molecule has 0 amide bonds. The Hall–Kier alpha value is -1.20. The SMILES string of the molecule is Fc1cc(F)c(OCc2ccc(Cl)nc2)c(Br)c1. The van der Waals surface area contributed by atoms with Crippen LogP contribution >= 0.6 is 27.5 Å². The molecule has 0 aliphatic heterocycles. The molecule has 18 heavy (non-hydrogen) atoms. The third kappa shape index (κ3) is 3.17. The summed E-state index contributed by atoms with van der Waals surface area (Å²) in [6, 6.07) is 5.22. The van der Waals surface area contributed by atoms with Crippen LogP contribution in [0.1, 0.15) is 5.56 Å². The first-order valence-corrected chi connectivity index (χ1v) is 6.11. The molecule has 0 aliphatic carbocycles. The number of hydrogen-bond acceptors (Lipinski definition) is 2. The Morgan fingerprint density at radius 2 is 2.06 bits per heavy atom. The van der Waals surface area contributed by atoms with Crippen LogP contribution in [0, 0.1) is 11.6 Å². The van der Waals surface area contributed by atoms with Gasteiger partial charge >= 0.3 is 0 Å². The van der Waals surface area contributed by atoms with E-state index in [0.29, 0.717) is 5.15 Å². The Labute approximate surface area is 116 Å².